The molecule has 7 heteroatoms. The highest BCUT2D eigenvalue weighted by Crippen LogP contribution is 2.24. The van der Waals surface area contributed by atoms with Crippen LogP contribution >= 0.6 is 0 Å². The van der Waals surface area contributed by atoms with E-state index in [0.29, 0.717) is 13.0 Å². The number of ether oxygens (including phenoxy) is 1. The van der Waals surface area contributed by atoms with E-state index in [1.54, 1.807) is 4.90 Å². The Morgan fingerprint density at radius 3 is 2.72 bits per heavy atom. The van der Waals surface area contributed by atoms with Crippen LogP contribution in [-0.2, 0) is 20.9 Å². The summed E-state index contributed by atoms with van der Waals surface area (Å²) in [5.74, 6) is -0.206. The van der Waals surface area contributed by atoms with E-state index in [-0.39, 0.29) is 30.4 Å². The van der Waals surface area contributed by atoms with Crippen LogP contribution in [0.1, 0.15) is 25.8 Å². The molecule has 0 aliphatic carbocycles. The molecule has 7 nitrogen and oxygen atoms in total. The Hall–Kier alpha value is -2.57. The maximum Gasteiger partial charge on any atom is 0.407 e. The van der Waals surface area contributed by atoms with E-state index in [2.05, 4.69) is 10.6 Å². The van der Waals surface area contributed by atoms with Gasteiger partial charge in [0.15, 0.2) is 0 Å². The molecule has 0 aromatic heterocycles. The van der Waals surface area contributed by atoms with Crippen molar-refractivity contribution in [2.75, 3.05) is 6.54 Å². The maximum atomic E-state index is 12.5. The standard InChI is InChI=1S/C18H23N3O4/c1-11(2)15-17(23)21-9-13(8-14(21)16(22)20-15)19-18(24)25-10-12-6-4-3-5-7-12/h3-7,11,13-15H,8-10H2,1-2H3,(H,19,24)(H,20,22)/t13-,14-,15-/m0/s1. The van der Waals surface area contributed by atoms with E-state index in [4.69, 9.17) is 4.74 Å². The Labute approximate surface area is 146 Å². The van der Waals surface area contributed by atoms with E-state index in [1.165, 1.54) is 0 Å². The molecule has 2 heterocycles. The number of piperazine rings is 1. The molecule has 2 aliphatic rings. The van der Waals surface area contributed by atoms with Gasteiger partial charge in [-0.05, 0) is 17.9 Å². The Morgan fingerprint density at radius 1 is 1.32 bits per heavy atom. The molecule has 2 saturated heterocycles. The first-order valence-electron chi connectivity index (χ1n) is 8.53. The lowest BCUT2D eigenvalue weighted by Crippen LogP contribution is -2.62. The maximum absolute atomic E-state index is 12.5. The summed E-state index contributed by atoms with van der Waals surface area (Å²) in [6.07, 6.45) is -0.134. The summed E-state index contributed by atoms with van der Waals surface area (Å²) in [5, 5.41) is 5.54. The van der Waals surface area contributed by atoms with E-state index in [1.807, 2.05) is 44.2 Å². The molecule has 0 spiro atoms. The molecule has 0 bridgehead atoms. The number of benzene rings is 1. The molecule has 2 aliphatic heterocycles. The average molecular weight is 345 g/mol. The second-order valence-corrected chi connectivity index (χ2v) is 6.88. The van der Waals surface area contributed by atoms with Crippen LogP contribution in [0.2, 0.25) is 0 Å². The van der Waals surface area contributed by atoms with E-state index in [9.17, 15) is 14.4 Å². The molecule has 1 aromatic carbocycles. The highest BCUT2D eigenvalue weighted by Gasteiger charge is 2.47. The number of fused-ring (bicyclic) bond motifs is 1. The highest BCUT2D eigenvalue weighted by molar-refractivity contribution is 5.97. The van der Waals surface area contributed by atoms with E-state index < -0.39 is 18.2 Å². The van der Waals surface area contributed by atoms with Gasteiger partial charge >= 0.3 is 6.09 Å². The second-order valence-electron chi connectivity index (χ2n) is 6.88. The SMILES string of the molecule is CC(C)[C@@H]1NC(=O)[C@@H]2C[C@H](NC(=O)OCc3ccccc3)CN2C1=O. The normalized spacial score (nSPS) is 25.6. The van der Waals surface area contributed by atoms with Crippen molar-refractivity contribution in [3.05, 3.63) is 35.9 Å². The molecule has 1 aromatic rings. The van der Waals surface area contributed by atoms with Crippen molar-refractivity contribution >= 4 is 17.9 Å². The third-order valence-corrected chi connectivity index (χ3v) is 4.65. The minimum atomic E-state index is -0.540. The smallest absolute Gasteiger partial charge is 0.407 e. The van der Waals surface area contributed by atoms with Crippen molar-refractivity contribution in [1.82, 2.24) is 15.5 Å². The van der Waals surface area contributed by atoms with Gasteiger partial charge in [-0.15, -0.1) is 0 Å². The van der Waals surface area contributed by atoms with Gasteiger partial charge in [-0.1, -0.05) is 44.2 Å². The van der Waals surface area contributed by atoms with E-state index >= 15 is 0 Å². The number of hydrogen-bond donors (Lipinski definition) is 2. The fourth-order valence-electron chi connectivity index (χ4n) is 3.31. The van der Waals surface area contributed by atoms with Crippen LogP contribution in [0.15, 0.2) is 30.3 Å². The molecule has 3 rings (SSSR count). The second kappa shape index (κ2) is 7.13. The zero-order valence-corrected chi connectivity index (χ0v) is 14.4. The first-order valence-corrected chi connectivity index (χ1v) is 8.53. The molecule has 0 saturated carbocycles. The van der Waals surface area contributed by atoms with Crippen molar-refractivity contribution in [1.29, 1.82) is 0 Å². The number of amides is 3. The lowest BCUT2D eigenvalue weighted by atomic mass is 9.98. The van der Waals surface area contributed by atoms with Gasteiger partial charge in [-0.2, -0.15) is 0 Å². The monoisotopic (exact) mass is 345 g/mol. The minimum Gasteiger partial charge on any atom is -0.445 e. The zero-order chi connectivity index (χ0) is 18.0. The molecule has 25 heavy (non-hydrogen) atoms. The fraction of sp³-hybridized carbons (Fsp3) is 0.500. The van der Waals surface area contributed by atoms with Crippen molar-refractivity contribution in [3.8, 4) is 0 Å². The largest absolute Gasteiger partial charge is 0.445 e. The van der Waals surface area contributed by atoms with Gasteiger partial charge in [0.25, 0.3) is 0 Å². The molecule has 0 unspecified atom stereocenters. The van der Waals surface area contributed by atoms with Gasteiger partial charge in [0.2, 0.25) is 11.8 Å². The molecular formula is C18H23N3O4. The molecular weight excluding hydrogens is 322 g/mol. The van der Waals surface area contributed by atoms with Crippen molar-refractivity contribution < 1.29 is 19.1 Å². The van der Waals surface area contributed by atoms with Gasteiger partial charge in [0.1, 0.15) is 18.7 Å². The number of rotatable bonds is 4. The van der Waals surface area contributed by atoms with Crippen molar-refractivity contribution in [2.45, 2.75) is 45.0 Å². The predicted molar refractivity (Wildman–Crippen MR) is 90.4 cm³/mol. The number of carbonyl (C=O) groups excluding carboxylic acids is 3. The zero-order valence-electron chi connectivity index (χ0n) is 14.4. The first-order chi connectivity index (χ1) is 12.0. The predicted octanol–water partition coefficient (Wildman–Crippen LogP) is 1.04. The fourth-order valence-corrected chi connectivity index (χ4v) is 3.31. The molecule has 134 valence electrons. The van der Waals surface area contributed by atoms with Crippen molar-refractivity contribution in [2.24, 2.45) is 5.92 Å². The molecule has 3 atom stereocenters. The minimum absolute atomic E-state index is 0.0280. The van der Waals surface area contributed by atoms with Gasteiger partial charge in [0, 0.05) is 6.54 Å². The van der Waals surface area contributed by atoms with Gasteiger partial charge < -0.3 is 20.3 Å². The summed E-state index contributed by atoms with van der Waals surface area (Å²) in [6.45, 7) is 4.31. The molecule has 2 fully saturated rings. The summed E-state index contributed by atoms with van der Waals surface area (Å²) < 4.78 is 5.20. The van der Waals surface area contributed by atoms with Crippen LogP contribution in [0.5, 0.6) is 0 Å². The molecule has 0 radical (unpaired) electrons. The van der Waals surface area contributed by atoms with Crippen LogP contribution in [0.3, 0.4) is 0 Å². The average Bonchev–Trinajstić information content (AvgIpc) is 3.01. The lowest BCUT2D eigenvalue weighted by Gasteiger charge is -2.36. The summed E-state index contributed by atoms with van der Waals surface area (Å²) in [6, 6.07) is 8.10. The summed E-state index contributed by atoms with van der Waals surface area (Å²) >= 11 is 0. The first kappa shape index (κ1) is 17.3. The molecule has 3 amide bonds. The Bertz CT molecular complexity index is 662. The Balaban J connectivity index is 1.54. The third-order valence-electron chi connectivity index (χ3n) is 4.65. The van der Waals surface area contributed by atoms with Crippen molar-refractivity contribution in [3.63, 3.8) is 0 Å². The summed E-state index contributed by atoms with van der Waals surface area (Å²) in [4.78, 5) is 38.3. The number of alkyl carbamates (subject to hydrolysis) is 1. The van der Waals surface area contributed by atoms with Gasteiger partial charge in [-0.3, -0.25) is 9.59 Å². The van der Waals surface area contributed by atoms with Gasteiger partial charge in [0.05, 0.1) is 6.04 Å². The summed E-state index contributed by atoms with van der Waals surface area (Å²) in [7, 11) is 0. The third kappa shape index (κ3) is 3.75. The summed E-state index contributed by atoms with van der Waals surface area (Å²) in [5.41, 5.74) is 0.899. The Kier molecular flexibility index (Phi) is 4.92. The van der Waals surface area contributed by atoms with Crippen LogP contribution < -0.4 is 10.6 Å². The molecule has 2 N–H and O–H groups in total. The number of nitrogens with one attached hydrogen (secondary N) is 2. The number of carbonyl (C=O) groups is 3. The van der Waals surface area contributed by atoms with Gasteiger partial charge in [-0.25, -0.2) is 4.79 Å². The van der Waals surface area contributed by atoms with Crippen LogP contribution in [0, 0.1) is 5.92 Å². The van der Waals surface area contributed by atoms with Crippen LogP contribution in [0.25, 0.3) is 0 Å². The Morgan fingerprint density at radius 2 is 2.04 bits per heavy atom. The van der Waals surface area contributed by atoms with Crippen LogP contribution in [-0.4, -0.2) is 47.5 Å². The topological polar surface area (TPSA) is 87.7 Å². The lowest BCUT2D eigenvalue weighted by molar-refractivity contribution is -0.148. The number of hydrogen-bond acceptors (Lipinski definition) is 4. The highest BCUT2D eigenvalue weighted by atomic mass is 16.5. The van der Waals surface area contributed by atoms with Crippen LogP contribution in [0.4, 0.5) is 4.79 Å². The van der Waals surface area contributed by atoms with E-state index in [0.717, 1.165) is 5.56 Å². The number of nitrogens with zero attached hydrogens (tertiary/aromatic N) is 1. The quantitative estimate of drug-likeness (QED) is 0.853.